The predicted molar refractivity (Wildman–Crippen MR) is 86.1 cm³/mol. The second-order valence-corrected chi connectivity index (χ2v) is 6.94. The Kier molecular flexibility index (Phi) is 5.03. The number of nitrogens with zero attached hydrogens (tertiary/aromatic N) is 1. The average molecular weight is 356 g/mol. The largest absolute Gasteiger partial charge is 0.380 e. The summed E-state index contributed by atoms with van der Waals surface area (Å²) < 4.78 is 1.13. The number of hydrogen-bond acceptors (Lipinski definition) is 2. The lowest BCUT2D eigenvalue weighted by atomic mass is 9.81. The lowest BCUT2D eigenvalue weighted by molar-refractivity contribution is 0.313. The highest BCUT2D eigenvalue weighted by molar-refractivity contribution is 14.1. The number of rotatable bonds is 5. The van der Waals surface area contributed by atoms with E-state index in [1.165, 1.54) is 0 Å². The van der Waals surface area contributed by atoms with Crippen molar-refractivity contribution in [3.8, 4) is 6.07 Å². The molecule has 0 aliphatic carbocycles. The molecule has 0 spiro atoms. The summed E-state index contributed by atoms with van der Waals surface area (Å²) in [7, 11) is 0. The summed E-state index contributed by atoms with van der Waals surface area (Å²) in [6, 6.07) is 9.83. The summed E-state index contributed by atoms with van der Waals surface area (Å²) in [6.07, 6.45) is 1.08. The third kappa shape index (κ3) is 4.85. The molecular formula is C15H21IN2. The Morgan fingerprint density at radius 1 is 1.28 bits per heavy atom. The smallest absolute Gasteiger partial charge is 0.0992 e. The van der Waals surface area contributed by atoms with Crippen molar-refractivity contribution in [3.05, 3.63) is 29.8 Å². The summed E-state index contributed by atoms with van der Waals surface area (Å²) in [5, 5.41) is 12.4. The monoisotopic (exact) mass is 356 g/mol. The molecule has 0 heterocycles. The van der Waals surface area contributed by atoms with Gasteiger partial charge in [-0.2, -0.15) is 5.26 Å². The maximum atomic E-state index is 8.91. The highest BCUT2D eigenvalue weighted by Gasteiger charge is 2.27. The van der Waals surface area contributed by atoms with Gasteiger partial charge in [-0.3, -0.25) is 0 Å². The van der Waals surface area contributed by atoms with Crippen LogP contribution in [0.3, 0.4) is 0 Å². The zero-order valence-corrected chi connectivity index (χ0v) is 13.7. The normalized spacial score (nSPS) is 12.0. The molecule has 0 aromatic heterocycles. The lowest BCUT2D eigenvalue weighted by Gasteiger charge is -2.35. The van der Waals surface area contributed by atoms with Gasteiger partial charge in [0.05, 0.1) is 11.6 Å². The molecule has 0 amide bonds. The summed E-state index contributed by atoms with van der Waals surface area (Å²) >= 11 is 2.44. The molecule has 1 aromatic carbocycles. The molecule has 98 valence electrons. The molecule has 0 saturated heterocycles. The molecule has 0 aliphatic heterocycles. The van der Waals surface area contributed by atoms with E-state index >= 15 is 0 Å². The van der Waals surface area contributed by atoms with Crippen molar-refractivity contribution < 1.29 is 0 Å². The van der Waals surface area contributed by atoms with Crippen LogP contribution in [0, 0.1) is 16.7 Å². The Morgan fingerprint density at radius 2 is 1.94 bits per heavy atom. The molecule has 1 aromatic rings. The second-order valence-electron chi connectivity index (χ2n) is 6.18. The molecular weight excluding hydrogens is 335 g/mol. The van der Waals surface area contributed by atoms with Gasteiger partial charge in [0, 0.05) is 15.7 Å². The van der Waals surface area contributed by atoms with Crippen LogP contribution in [-0.4, -0.2) is 9.97 Å². The molecule has 0 atom stereocenters. The molecule has 0 bridgehead atoms. The van der Waals surface area contributed by atoms with E-state index in [-0.39, 0.29) is 5.54 Å². The second kappa shape index (κ2) is 5.92. The molecule has 18 heavy (non-hydrogen) atoms. The van der Waals surface area contributed by atoms with Crippen molar-refractivity contribution in [2.24, 2.45) is 5.41 Å². The molecule has 0 fully saturated rings. The number of anilines is 1. The van der Waals surface area contributed by atoms with Crippen LogP contribution < -0.4 is 5.32 Å². The Labute approximate surface area is 124 Å². The van der Waals surface area contributed by atoms with Gasteiger partial charge in [0.2, 0.25) is 0 Å². The van der Waals surface area contributed by atoms with E-state index in [0.717, 1.165) is 16.5 Å². The summed E-state index contributed by atoms with van der Waals surface area (Å²) in [4.78, 5) is 0. The van der Waals surface area contributed by atoms with Gasteiger partial charge in [0.15, 0.2) is 0 Å². The standard InChI is InChI=1S/C15H21IN2/c1-14(2,11-16)10-15(3,4)18-13-7-5-6-12(8-13)9-17/h5-8,18H,10-11H2,1-4H3. The van der Waals surface area contributed by atoms with Crippen LogP contribution in [0.15, 0.2) is 24.3 Å². The van der Waals surface area contributed by atoms with Gasteiger partial charge in [0.25, 0.3) is 0 Å². The van der Waals surface area contributed by atoms with Crippen molar-refractivity contribution in [1.82, 2.24) is 0 Å². The van der Waals surface area contributed by atoms with Gasteiger partial charge < -0.3 is 5.32 Å². The van der Waals surface area contributed by atoms with Crippen LogP contribution in [0.25, 0.3) is 0 Å². The zero-order chi connectivity index (χ0) is 13.8. The molecule has 0 radical (unpaired) electrons. The minimum Gasteiger partial charge on any atom is -0.380 e. The van der Waals surface area contributed by atoms with Crippen molar-refractivity contribution in [2.45, 2.75) is 39.7 Å². The van der Waals surface area contributed by atoms with Crippen LogP contribution in [0.5, 0.6) is 0 Å². The van der Waals surface area contributed by atoms with Gasteiger partial charge >= 0.3 is 0 Å². The van der Waals surface area contributed by atoms with Crippen LogP contribution in [0.4, 0.5) is 5.69 Å². The van der Waals surface area contributed by atoms with Crippen molar-refractivity contribution >= 4 is 28.3 Å². The number of alkyl halides is 1. The van der Waals surface area contributed by atoms with Gasteiger partial charge in [-0.25, -0.2) is 0 Å². The minimum absolute atomic E-state index is 0.0166. The number of benzene rings is 1. The fourth-order valence-corrected chi connectivity index (χ4v) is 2.61. The van der Waals surface area contributed by atoms with E-state index in [1.807, 2.05) is 24.3 Å². The first-order valence-electron chi connectivity index (χ1n) is 6.12. The molecule has 1 N–H and O–H groups in total. The van der Waals surface area contributed by atoms with E-state index < -0.39 is 0 Å². The fraction of sp³-hybridized carbons (Fsp3) is 0.533. The Morgan fingerprint density at radius 3 is 2.50 bits per heavy atom. The Hall–Kier alpha value is -0.760. The van der Waals surface area contributed by atoms with E-state index in [0.29, 0.717) is 11.0 Å². The number of nitrogens with one attached hydrogen (secondary N) is 1. The first-order chi connectivity index (χ1) is 8.28. The number of hydrogen-bond donors (Lipinski definition) is 1. The molecule has 1 rings (SSSR count). The summed E-state index contributed by atoms with van der Waals surface area (Å²) in [5.41, 5.74) is 2.04. The summed E-state index contributed by atoms with van der Waals surface area (Å²) in [6.45, 7) is 8.99. The molecule has 2 nitrogen and oxygen atoms in total. The summed E-state index contributed by atoms with van der Waals surface area (Å²) in [5.74, 6) is 0. The first-order valence-corrected chi connectivity index (χ1v) is 7.65. The highest BCUT2D eigenvalue weighted by atomic mass is 127. The fourth-order valence-electron chi connectivity index (χ4n) is 2.35. The first kappa shape index (κ1) is 15.3. The van der Waals surface area contributed by atoms with Gasteiger partial charge in [-0.1, -0.05) is 42.5 Å². The topological polar surface area (TPSA) is 35.8 Å². The third-order valence-electron chi connectivity index (χ3n) is 2.76. The minimum atomic E-state index is 0.0166. The van der Waals surface area contributed by atoms with Gasteiger partial charge in [-0.15, -0.1) is 0 Å². The van der Waals surface area contributed by atoms with Crippen molar-refractivity contribution in [1.29, 1.82) is 5.26 Å². The number of halogens is 1. The molecule has 3 heteroatoms. The van der Waals surface area contributed by atoms with Crippen LogP contribution in [0.2, 0.25) is 0 Å². The number of nitriles is 1. The predicted octanol–water partition coefficient (Wildman–Crippen LogP) is 4.60. The molecule has 0 aliphatic rings. The van der Waals surface area contributed by atoms with Crippen LogP contribution in [-0.2, 0) is 0 Å². The quantitative estimate of drug-likeness (QED) is 0.618. The average Bonchev–Trinajstić information content (AvgIpc) is 2.27. The lowest BCUT2D eigenvalue weighted by Crippen LogP contribution is -2.37. The molecule has 0 unspecified atom stereocenters. The van der Waals surface area contributed by atoms with Crippen LogP contribution >= 0.6 is 22.6 Å². The molecule has 0 saturated carbocycles. The maximum absolute atomic E-state index is 8.91. The zero-order valence-electron chi connectivity index (χ0n) is 11.5. The van der Waals surface area contributed by atoms with Crippen molar-refractivity contribution in [2.75, 3.05) is 9.74 Å². The third-order valence-corrected chi connectivity index (χ3v) is 4.82. The highest BCUT2D eigenvalue weighted by Crippen LogP contribution is 2.32. The van der Waals surface area contributed by atoms with E-state index in [2.05, 4.69) is 61.7 Å². The SMILES string of the molecule is CC(C)(CI)CC(C)(C)Nc1cccc(C#N)c1. The van der Waals surface area contributed by atoms with Crippen LogP contribution in [0.1, 0.15) is 39.7 Å². The Balaban J connectivity index is 2.79. The van der Waals surface area contributed by atoms with Gasteiger partial charge in [-0.05, 0) is 43.9 Å². The van der Waals surface area contributed by atoms with Crippen molar-refractivity contribution in [3.63, 3.8) is 0 Å². The van der Waals surface area contributed by atoms with E-state index in [9.17, 15) is 0 Å². The van der Waals surface area contributed by atoms with E-state index in [4.69, 9.17) is 5.26 Å². The Bertz CT molecular complexity index is 444. The maximum Gasteiger partial charge on any atom is 0.0992 e. The van der Waals surface area contributed by atoms with Gasteiger partial charge in [0.1, 0.15) is 0 Å². The van der Waals surface area contributed by atoms with E-state index in [1.54, 1.807) is 0 Å².